The second kappa shape index (κ2) is 8.67. The van der Waals surface area contributed by atoms with Crippen LogP contribution in [-0.2, 0) is 14.8 Å². The van der Waals surface area contributed by atoms with Gasteiger partial charge in [0.1, 0.15) is 5.82 Å². The SMILES string of the molecule is C[C@@H]1CN(S(=O)(=O)CCNc2nc(-c3ccccc3)nc3ccccc23)C[C@H](C)O1. The second-order valence-corrected chi connectivity index (χ2v) is 9.68. The van der Waals surface area contributed by atoms with Crippen LogP contribution in [0.5, 0.6) is 0 Å². The van der Waals surface area contributed by atoms with Crippen molar-refractivity contribution in [3.8, 4) is 11.4 Å². The molecule has 0 spiro atoms. The third kappa shape index (κ3) is 4.61. The van der Waals surface area contributed by atoms with E-state index in [0.29, 0.717) is 24.7 Å². The van der Waals surface area contributed by atoms with E-state index < -0.39 is 10.0 Å². The van der Waals surface area contributed by atoms with Crippen LogP contribution >= 0.6 is 0 Å². The zero-order valence-electron chi connectivity index (χ0n) is 17.2. The molecule has 7 nitrogen and oxygen atoms in total. The molecule has 1 aliphatic rings. The van der Waals surface area contributed by atoms with E-state index in [0.717, 1.165) is 16.5 Å². The first-order valence-electron chi connectivity index (χ1n) is 10.1. The van der Waals surface area contributed by atoms with Crippen LogP contribution in [0.25, 0.3) is 22.3 Å². The van der Waals surface area contributed by atoms with Crippen LogP contribution in [0.4, 0.5) is 5.82 Å². The van der Waals surface area contributed by atoms with Crippen LogP contribution < -0.4 is 5.32 Å². The summed E-state index contributed by atoms with van der Waals surface area (Å²) in [6, 6.07) is 17.5. The van der Waals surface area contributed by atoms with Gasteiger partial charge >= 0.3 is 0 Å². The number of rotatable bonds is 6. The number of hydrogen-bond acceptors (Lipinski definition) is 6. The van der Waals surface area contributed by atoms with Crippen LogP contribution in [0.1, 0.15) is 13.8 Å². The van der Waals surface area contributed by atoms with Crippen molar-refractivity contribution >= 4 is 26.7 Å². The molecule has 0 aliphatic carbocycles. The molecule has 1 aromatic heterocycles. The highest BCUT2D eigenvalue weighted by Crippen LogP contribution is 2.25. The lowest BCUT2D eigenvalue weighted by atomic mass is 10.2. The fourth-order valence-corrected chi connectivity index (χ4v) is 5.21. The number of benzene rings is 2. The lowest BCUT2D eigenvalue weighted by Gasteiger charge is -2.34. The summed E-state index contributed by atoms with van der Waals surface area (Å²) in [7, 11) is -3.39. The van der Waals surface area contributed by atoms with Crippen molar-refractivity contribution in [1.29, 1.82) is 0 Å². The molecule has 0 radical (unpaired) electrons. The molecule has 1 N–H and O–H groups in total. The van der Waals surface area contributed by atoms with Gasteiger partial charge in [0.15, 0.2) is 5.82 Å². The van der Waals surface area contributed by atoms with Crippen LogP contribution in [0, 0.1) is 0 Å². The molecule has 1 fully saturated rings. The number of nitrogens with zero attached hydrogens (tertiary/aromatic N) is 3. The van der Waals surface area contributed by atoms with Crippen molar-refractivity contribution in [1.82, 2.24) is 14.3 Å². The molecule has 0 saturated carbocycles. The van der Waals surface area contributed by atoms with Crippen molar-refractivity contribution in [3.63, 3.8) is 0 Å². The van der Waals surface area contributed by atoms with Gasteiger partial charge in [0.25, 0.3) is 0 Å². The Morgan fingerprint density at radius 1 is 1.00 bits per heavy atom. The average molecular weight is 427 g/mol. The quantitative estimate of drug-likeness (QED) is 0.652. The fraction of sp³-hybridized carbons (Fsp3) is 0.364. The zero-order valence-corrected chi connectivity index (χ0v) is 18.0. The molecule has 0 bridgehead atoms. The molecule has 0 amide bonds. The molecule has 2 heterocycles. The Kier molecular flexibility index (Phi) is 5.99. The highest BCUT2D eigenvalue weighted by molar-refractivity contribution is 7.89. The molecular formula is C22H26N4O3S. The van der Waals surface area contributed by atoms with Gasteiger partial charge in [0, 0.05) is 30.6 Å². The molecule has 4 rings (SSSR count). The highest BCUT2D eigenvalue weighted by atomic mass is 32.2. The molecule has 30 heavy (non-hydrogen) atoms. The zero-order chi connectivity index (χ0) is 21.1. The predicted molar refractivity (Wildman–Crippen MR) is 119 cm³/mol. The monoisotopic (exact) mass is 426 g/mol. The summed E-state index contributed by atoms with van der Waals surface area (Å²) >= 11 is 0. The summed E-state index contributed by atoms with van der Waals surface area (Å²) in [5.41, 5.74) is 1.72. The molecule has 8 heteroatoms. The van der Waals surface area contributed by atoms with Gasteiger partial charge in [-0.15, -0.1) is 0 Å². The van der Waals surface area contributed by atoms with Crippen LogP contribution in [0.3, 0.4) is 0 Å². The Bertz CT molecular complexity index is 1110. The highest BCUT2D eigenvalue weighted by Gasteiger charge is 2.30. The topological polar surface area (TPSA) is 84.4 Å². The van der Waals surface area contributed by atoms with Gasteiger partial charge in [0.05, 0.1) is 23.5 Å². The van der Waals surface area contributed by atoms with Gasteiger partial charge in [-0.25, -0.2) is 18.4 Å². The molecule has 0 unspecified atom stereocenters. The van der Waals surface area contributed by atoms with E-state index in [1.165, 1.54) is 4.31 Å². The first-order valence-corrected chi connectivity index (χ1v) is 11.7. The molecular weight excluding hydrogens is 400 g/mol. The maximum atomic E-state index is 12.8. The summed E-state index contributed by atoms with van der Waals surface area (Å²) in [4.78, 5) is 9.34. The molecule has 158 valence electrons. The lowest BCUT2D eigenvalue weighted by Crippen LogP contribution is -2.49. The summed E-state index contributed by atoms with van der Waals surface area (Å²) in [5.74, 6) is 1.24. The van der Waals surface area contributed by atoms with Crippen molar-refractivity contribution in [2.24, 2.45) is 0 Å². The summed E-state index contributed by atoms with van der Waals surface area (Å²) < 4.78 is 32.8. The van der Waals surface area contributed by atoms with E-state index in [1.54, 1.807) is 0 Å². The largest absolute Gasteiger partial charge is 0.373 e. The maximum absolute atomic E-state index is 12.8. The number of ether oxygens (including phenoxy) is 1. The van der Waals surface area contributed by atoms with Crippen molar-refractivity contribution in [2.75, 3.05) is 30.7 Å². The molecule has 2 aromatic carbocycles. The third-order valence-electron chi connectivity index (χ3n) is 5.07. The van der Waals surface area contributed by atoms with E-state index in [2.05, 4.69) is 15.3 Å². The van der Waals surface area contributed by atoms with Crippen molar-refractivity contribution < 1.29 is 13.2 Å². The summed E-state index contributed by atoms with van der Waals surface area (Å²) in [6.45, 7) is 4.84. The first-order chi connectivity index (χ1) is 14.4. The number of fused-ring (bicyclic) bond motifs is 1. The van der Waals surface area contributed by atoms with E-state index in [1.807, 2.05) is 68.4 Å². The van der Waals surface area contributed by atoms with E-state index in [4.69, 9.17) is 4.74 Å². The summed E-state index contributed by atoms with van der Waals surface area (Å²) in [6.07, 6.45) is -0.202. The van der Waals surface area contributed by atoms with E-state index >= 15 is 0 Å². The Hall–Kier alpha value is -2.55. The van der Waals surface area contributed by atoms with E-state index in [-0.39, 0.29) is 24.5 Å². The summed E-state index contributed by atoms with van der Waals surface area (Å²) in [5, 5.41) is 4.09. The smallest absolute Gasteiger partial charge is 0.216 e. The average Bonchev–Trinajstić information content (AvgIpc) is 2.73. The number of anilines is 1. The van der Waals surface area contributed by atoms with Crippen molar-refractivity contribution in [3.05, 3.63) is 54.6 Å². The van der Waals surface area contributed by atoms with Crippen LogP contribution in [-0.4, -0.2) is 60.3 Å². The van der Waals surface area contributed by atoms with Crippen molar-refractivity contribution in [2.45, 2.75) is 26.1 Å². The van der Waals surface area contributed by atoms with Gasteiger partial charge in [-0.05, 0) is 26.0 Å². The third-order valence-corrected chi connectivity index (χ3v) is 6.87. The van der Waals surface area contributed by atoms with E-state index in [9.17, 15) is 8.42 Å². The molecule has 3 aromatic rings. The van der Waals surface area contributed by atoms with Crippen LogP contribution in [0.2, 0.25) is 0 Å². The van der Waals surface area contributed by atoms with Gasteiger partial charge in [-0.3, -0.25) is 0 Å². The number of aromatic nitrogens is 2. The number of sulfonamides is 1. The minimum Gasteiger partial charge on any atom is -0.373 e. The molecule has 2 atom stereocenters. The molecule has 1 aliphatic heterocycles. The Morgan fingerprint density at radius 2 is 1.67 bits per heavy atom. The van der Waals surface area contributed by atoms with Gasteiger partial charge in [-0.1, -0.05) is 42.5 Å². The number of nitrogens with one attached hydrogen (secondary N) is 1. The maximum Gasteiger partial charge on any atom is 0.216 e. The Morgan fingerprint density at radius 3 is 2.40 bits per heavy atom. The normalized spacial score (nSPS) is 20.3. The first kappa shape index (κ1) is 20.7. The Labute approximate surface area is 177 Å². The minimum absolute atomic E-state index is 0.00849. The number of morpholine rings is 1. The lowest BCUT2D eigenvalue weighted by molar-refractivity contribution is -0.0440. The van der Waals surface area contributed by atoms with Crippen LogP contribution in [0.15, 0.2) is 54.6 Å². The minimum atomic E-state index is -3.39. The number of para-hydroxylation sites is 1. The van der Waals surface area contributed by atoms with Gasteiger partial charge in [0.2, 0.25) is 10.0 Å². The number of hydrogen-bond donors (Lipinski definition) is 1. The van der Waals surface area contributed by atoms with Gasteiger partial charge in [-0.2, -0.15) is 4.31 Å². The van der Waals surface area contributed by atoms with Gasteiger partial charge < -0.3 is 10.1 Å². The second-order valence-electron chi connectivity index (χ2n) is 7.60. The molecule has 1 saturated heterocycles. The predicted octanol–water partition coefficient (Wildman–Crippen LogP) is 3.15. The fourth-order valence-electron chi connectivity index (χ4n) is 3.71. The standard InChI is InChI=1S/C22H26N4O3S/c1-16-14-26(15-17(2)29-16)30(27,28)13-12-23-22-19-10-6-7-11-20(19)24-21(25-22)18-8-4-3-5-9-18/h3-11,16-17H,12-15H2,1-2H3,(H,23,24,25)/t16-,17+. The Balaban J connectivity index is 1.54.